The fraction of sp³-hybridized carbons (Fsp3) is 0.222. The number of carbonyl (C=O) groups excluding carboxylic acids is 1. The molecule has 1 fully saturated rings. The van der Waals surface area contributed by atoms with Gasteiger partial charge in [0.05, 0.1) is 35.7 Å². The van der Waals surface area contributed by atoms with Gasteiger partial charge in [0.25, 0.3) is 5.91 Å². The first-order valence-electron chi connectivity index (χ1n) is 8.14. The highest BCUT2D eigenvalue weighted by Gasteiger charge is 2.18. The Kier molecular flexibility index (Phi) is 5.35. The number of halogens is 1. The van der Waals surface area contributed by atoms with Crippen LogP contribution in [0, 0.1) is 0 Å². The van der Waals surface area contributed by atoms with Crippen LogP contribution in [0.3, 0.4) is 0 Å². The fourth-order valence-corrected chi connectivity index (χ4v) is 4.74. The molecular weight excluding hydrogens is 434 g/mol. The summed E-state index contributed by atoms with van der Waals surface area (Å²) >= 11 is 6.52. The molecule has 0 aliphatic carbocycles. The molecule has 0 saturated carbocycles. The number of benzene rings is 1. The average Bonchev–Trinajstić information content (AvgIpc) is 3.34. The molecule has 2 aromatic heterocycles. The number of nitrogens with zero attached hydrogens (tertiary/aromatic N) is 2. The first-order valence-corrected chi connectivity index (χ1v) is 10.6. The van der Waals surface area contributed by atoms with Crippen LogP contribution < -0.4 is 10.2 Å². The SMILES string of the molecule is O=C(Nc1cc(Br)ccc1N1CCOCC1)c1cnc(-c2cccs2)s1. The Morgan fingerprint density at radius 1 is 1.27 bits per heavy atom. The lowest BCUT2D eigenvalue weighted by atomic mass is 10.2. The van der Waals surface area contributed by atoms with Crippen LogP contribution in [0.1, 0.15) is 9.67 Å². The van der Waals surface area contributed by atoms with Crippen molar-refractivity contribution in [1.82, 2.24) is 4.98 Å². The highest BCUT2D eigenvalue weighted by atomic mass is 79.9. The van der Waals surface area contributed by atoms with E-state index >= 15 is 0 Å². The van der Waals surface area contributed by atoms with Crippen LogP contribution in [0.5, 0.6) is 0 Å². The maximum atomic E-state index is 12.7. The van der Waals surface area contributed by atoms with Gasteiger partial charge in [-0.1, -0.05) is 22.0 Å². The second kappa shape index (κ2) is 7.87. The zero-order valence-electron chi connectivity index (χ0n) is 13.8. The molecule has 1 amide bonds. The molecule has 3 aromatic rings. The second-order valence-corrected chi connectivity index (χ2v) is 8.62. The van der Waals surface area contributed by atoms with Crippen molar-refractivity contribution in [3.8, 4) is 9.88 Å². The van der Waals surface area contributed by atoms with E-state index in [1.165, 1.54) is 11.3 Å². The molecule has 1 aromatic carbocycles. The van der Waals surface area contributed by atoms with Gasteiger partial charge in [0.2, 0.25) is 0 Å². The van der Waals surface area contributed by atoms with E-state index < -0.39 is 0 Å². The van der Waals surface area contributed by atoms with E-state index in [-0.39, 0.29) is 5.91 Å². The maximum Gasteiger partial charge on any atom is 0.267 e. The van der Waals surface area contributed by atoms with E-state index in [4.69, 9.17) is 4.74 Å². The summed E-state index contributed by atoms with van der Waals surface area (Å²) in [5.74, 6) is -0.141. The molecule has 1 aliphatic heterocycles. The number of rotatable bonds is 4. The molecule has 26 heavy (non-hydrogen) atoms. The van der Waals surface area contributed by atoms with E-state index in [0.717, 1.165) is 38.8 Å². The molecule has 1 aliphatic rings. The summed E-state index contributed by atoms with van der Waals surface area (Å²) in [4.78, 5) is 21.0. The molecule has 1 saturated heterocycles. The maximum absolute atomic E-state index is 12.7. The summed E-state index contributed by atoms with van der Waals surface area (Å²) in [6.45, 7) is 3.02. The third kappa shape index (κ3) is 3.83. The Balaban J connectivity index is 1.56. The highest BCUT2D eigenvalue weighted by molar-refractivity contribution is 9.10. The summed E-state index contributed by atoms with van der Waals surface area (Å²) in [5.41, 5.74) is 1.80. The Morgan fingerprint density at radius 3 is 2.88 bits per heavy atom. The number of hydrogen-bond acceptors (Lipinski definition) is 6. The zero-order chi connectivity index (χ0) is 17.9. The first-order chi connectivity index (χ1) is 12.7. The van der Waals surface area contributed by atoms with Gasteiger partial charge in [0, 0.05) is 17.6 Å². The quantitative estimate of drug-likeness (QED) is 0.625. The van der Waals surface area contributed by atoms with Crippen molar-refractivity contribution in [1.29, 1.82) is 0 Å². The average molecular weight is 450 g/mol. The predicted octanol–water partition coefficient (Wildman–Crippen LogP) is 4.72. The molecule has 0 radical (unpaired) electrons. The lowest BCUT2D eigenvalue weighted by Gasteiger charge is -2.30. The lowest BCUT2D eigenvalue weighted by Crippen LogP contribution is -2.36. The van der Waals surface area contributed by atoms with Gasteiger partial charge in [-0.15, -0.1) is 22.7 Å². The largest absolute Gasteiger partial charge is 0.378 e. The van der Waals surface area contributed by atoms with Gasteiger partial charge in [0.1, 0.15) is 9.88 Å². The molecule has 0 spiro atoms. The number of carbonyl (C=O) groups is 1. The normalized spacial score (nSPS) is 14.4. The number of anilines is 2. The Morgan fingerprint density at radius 2 is 2.12 bits per heavy atom. The number of nitrogens with one attached hydrogen (secondary N) is 1. The van der Waals surface area contributed by atoms with Crippen LogP contribution in [0.4, 0.5) is 11.4 Å². The number of ether oxygens (including phenoxy) is 1. The third-order valence-corrected chi connectivity index (χ3v) is 6.55. The van der Waals surface area contributed by atoms with E-state index in [1.807, 2.05) is 35.7 Å². The van der Waals surface area contributed by atoms with Gasteiger partial charge in [0.15, 0.2) is 0 Å². The monoisotopic (exact) mass is 449 g/mol. The van der Waals surface area contributed by atoms with Crippen LogP contribution in [0.25, 0.3) is 9.88 Å². The van der Waals surface area contributed by atoms with E-state index in [2.05, 4.69) is 31.1 Å². The van der Waals surface area contributed by atoms with Crippen LogP contribution in [-0.4, -0.2) is 37.2 Å². The summed E-state index contributed by atoms with van der Waals surface area (Å²) < 4.78 is 6.35. The lowest BCUT2D eigenvalue weighted by molar-refractivity contribution is 0.103. The molecular formula is C18H16BrN3O2S2. The highest BCUT2D eigenvalue weighted by Crippen LogP contribution is 2.32. The zero-order valence-corrected chi connectivity index (χ0v) is 17.0. The minimum Gasteiger partial charge on any atom is -0.378 e. The van der Waals surface area contributed by atoms with Gasteiger partial charge in [-0.25, -0.2) is 4.98 Å². The van der Waals surface area contributed by atoms with Gasteiger partial charge in [-0.05, 0) is 29.6 Å². The summed E-state index contributed by atoms with van der Waals surface area (Å²) in [5, 5.41) is 5.92. The van der Waals surface area contributed by atoms with Crippen LogP contribution in [0.2, 0.25) is 0 Å². The minimum absolute atomic E-state index is 0.141. The molecule has 1 N–H and O–H groups in total. The number of aromatic nitrogens is 1. The molecule has 3 heterocycles. The van der Waals surface area contributed by atoms with E-state index in [1.54, 1.807) is 17.5 Å². The van der Waals surface area contributed by atoms with Crippen LogP contribution in [-0.2, 0) is 4.74 Å². The first kappa shape index (κ1) is 17.7. The number of amides is 1. The number of thiophene rings is 1. The fourth-order valence-electron chi connectivity index (χ4n) is 2.77. The predicted molar refractivity (Wildman–Crippen MR) is 111 cm³/mol. The second-order valence-electron chi connectivity index (χ2n) is 5.72. The van der Waals surface area contributed by atoms with Crippen molar-refractivity contribution in [2.75, 3.05) is 36.5 Å². The van der Waals surface area contributed by atoms with E-state index in [0.29, 0.717) is 18.1 Å². The molecule has 0 atom stereocenters. The van der Waals surface area contributed by atoms with Crippen LogP contribution in [0.15, 0.2) is 46.4 Å². The van der Waals surface area contributed by atoms with Crippen molar-refractivity contribution in [3.63, 3.8) is 0 Å². The van der Waals surface area contributed by atoms with Crippen molar-refractivity contribution >= 4 is 55.9 Å². The van der Waals surface area contributed by atoms with Crippen molar-refractivity contribution in [3.05, 3.63) is 51.3 Å². The molecule has 134 valence electrons. The Labute approximate surface area is 167 Å². The molecule has 0 bridgehead atoms. The summed E-state index contributed by atoms with van der Waals surface area (Å²) in [6.07, 6.45) is 1.64. The van der Waals surface area contributed by atoms with Gasteiger partial charge >= 0.3 is 0 Å². The van der Waals surface area contributed by atoms with Gasteiger partial charge < -0.3 is 15.0 Å². The Bertz CT molecular complexity index is 905. The third-order valence-electron chi connectivity index (χ3n) is 4.02. The molecule has 0 unspecified atom stereocenters. The number of thiazole rings is 1. The van der Waals surface area contributed by atoms with Crippen molar-refractivity contribution in [2.45, 2.75) is 0 Å². The smallest absolute Gasteiger partial charge is 0.267 e. The van der Waals surface area contributed by atoms with Crippen molar-refractivity contribution < 1.29 is 9.53 Å². The van der Waals surface area contributed by atoms with Crippen LogP contribution >= 0.6 is 38.6 Å². The van der Waals surface area contributed by atoms with Gasteiger partial charge in [-0.2, -0.15) is 0 Å². The van der Waals surface area contributed by atoms with Crippen molar-refractivity contribution in [2.24, 2.45) is 0 Å². The number of hydrogen-bond donors (Lipinski definition) is 1. The molecule has 4 rings (SSSR count). The summed E-state index contributed by atoms with van der Waals surface area (Å²) in [7, 11) is 0. The standard InChI is InChI=1S/C18H16BrN3O2S2/c19-12-3-4-14(22-5-7-24-8-6-22)13(10-12)21-17(23)16-11-20-18(26-16)15-2-1-9-25-15/h1-4,9-11H,5-8H2,(H,21,23). The van der Waals surface area contributed by atoms with Gasteiger partial charge in [-0.3, -0.25) is 4.79 Å². The minimum atomic E-state index is -0.141. The topological polar surface area (TPSA) is 54.5 Å². The van der Waals surface area contributed by atoms with E-state index in [9.17, 15) is 4.79 Å². The number of morpholine rings is 1. The molecule has 5 nitrogen and oxygen atoms in total. The molecule has 8 heteroatoms. The Hall–Kier alpha value is -1.74. The summed E-state index contributed by atoms with van der Waals surface area (Å²) in [6, 6.07) is 9.94.